The largest absolute Gasteiger partial charge is 0.496 e. The number of aromatic nitrogens is 3. The summed E-state index contributed by atoms with van der Waals surface area (Å²) in [4.78, 5) is 28.1. The Hall–Kier alpha value is -3.75. The van der Waals surface area contributed by atoms with Crippen molar-refractivity contribution < 1.29 is 18.7 Å². The molecule has 0 aliphatic carbocycles. The number of halogens is 1. The summed E-state index contributed by atoms with van der Waals surface area (Å²) in [7, 11) is 1.55. The minimum atomic E-state index is -0.488. The number of rotatable bonds is 7. The smallest absolute Gasteiger partial charge is 0.249 e. The Morgan fingerprint density at radius 2 is 1.96 bits per heavy atom. The van der Waals surface area contributed by atoms with Crippen LogP contribution in [0.2, 0.25) is 0 Å². The van der Waals surface area contributed by atoms with Crippen LogP contribution >= 0.6 is 0 Å². The maximum Gasteiger partial charge on any atom is 0.249 e. The normalized spacial score (nSPS) is 10.4. The molecule has 2 amide bonds. The minimum Gasteiger partial charge on any atom is -0.496 e. The molecule has 0 saturated carbocycles. The van der Waals surface area contributed by atoms with Gasteiger partial charge in [0.05, 0.1) is 25.6 Å². The standard InChI is InChI=1S/C19H18FN5O3/c1-28-15-8-3-2-7-14(15)18-23-19(25-24-18)22-17(27)11-21-16(26)10-12-5-4-6-13(20)9-12/h2-9H,10-11H2,1H3,(H,21,26)(H2,22,23,24,25,27). The maximum absolute atomic E-state index is 13.1. The van der Waals surface area contributed by atoms with Crippen molar-refractivity contribution in [3.63, 3.8) is 0 Å². The molecule has 8 nitrogen and oxygen atoms in total. The first-order valence-corrected chi connectivity index (χ1v) is 8.42. The van der Waals surface area contributed by atoms with Crippen LogP contribution in [0.5, 0.6) is 5.75 Å². The van der Waals surface area contributed by atoms with Crippen LogP contribution in [-0.2, 0) is 16.0 Å². The van der Waals surface area contributed by atoms with Crippen molar-refractivity contribution in [2.24, 2.45) is 0 Å². The SMILES string of the molecule is COc1ccccc1-c1nc(NC(=O)CNC(=O)Cc2cccc(F)c2)n[nH]1. The molecule has 0 bridgehead atoms. The van der Waals surface area contributed by atoms with Crippen molar-refractivity contribution in [2.75, 3.05) is 19.0 Å². The Morgan fingerprint density at radius 1 is 1.14 bits per heavy atom. The second-order valence-electron chi connectivity index (χ2n) is 5.84. The van der Waals surface area contributed by atoms with E-state index in [9.17, 15) is 14.0 Å². The lowest BCUT2D eigenvalue weighted by molar-refractivity contribution is -0.123. The van der Waals surface area contributed by atoms with Crippen molar-refractivity contribution in [3.8, 4) is 17.1 Å². The fourth-order valence-corrected chi connectivity index (χ4v) is 2.52. The first kappa shape index (κ1) is 19.0. The molecule has 28 heavy (non-hydrogen) atoms. The van der Waals surface area contributed by atoms with E-state index >= 15 is 0 Å². The second-order valence-corrected chi connectivity index (χ2v) is 5.84. The summed E-state index contributed by atoms with van der Waals surface area (Å²) in [5.41, 5.74) is 1.22. The fourth-order valence-electron chi connectivity index (χ4n) is 2.52. The van der Waals surface area contributed by atoms with E-state index in [4.69, 9.17) is 4.74 Å². The highest BCUT2D eigenvalue weighted by Gasteiger charge is 2.13. The lowest BCUT2D eigenvalue weighted by atomic mass is 10.1. The van der Waals surface area contributed by atoms with E-state index in [1.54, 1.807) is 25.3 Å². The summed E-state index contributed by atoms with van der Waals surface area (Å²) in [6.45, 7) is -0.257. The van der Waals surface area contributed by atoms with Gasteiger partial charge < -0.3 is 10.1 Å². The summed E-state index contributed by atoms with van der Waals surface area (Å²) in [6, 6.07) is 13.0. The van der Waals surface area contributed by atoms with Crippen LogP contribution in [-0.4, -0.2) is 40.7 Å². The van der Waals surface area contributed by atoms with Crippen LogP contribution in [0.25, 0.3) is 11.4 Å². The second kappa shape index (κ2) is 8.76. The third kappa shape index (κ3) is 4.91. The number of anilines is 1. The molecule has 0 radical (unpaired) electrons. The average molecular weight is 383 g/mol. The molecule has 0 aliphatic heterocycles. The van der Waals surface area contributed by atoms with Crippen molar-refractivity contribution >= 4 is 17.8 Å². The highest BCUT2D eigenvalue weighted by Crippen LogP contribution is 2.26. The van der Waals surface area contributed by atoms with Gasteiger partial charge in [0.25, 0.3) is 0 Å². The maximum atomic E-state index is 13.1. The van der Waals surface area contributed by atoms with Crippen LogP contribution < -0.4 is 15.4 Å². The Labute approximate surface area is 160 Å². The monoisotopic (exact) mass is 383 g/mol. The van der Waals surface area contributed by atoms with Gasteiger partial charge in [0.15, 0.2) is 5.82 Å². The minimum absolute atomic E-state index is 0.0242. The summed E-state index contributed by atoms with van der Waals surface area (Å²) in [6.07, 6.45) is -0.0242. The van der Waals surface area contributed by atoms with E-state index in [2.05, 4.69) is 25.8 Å². The van der Waals surface area contributed by atoms with Crippen molar-refractivity contribution in [1.29, 1.82) is 0 Å². The Bertz CT molecular complexity index is 989. The highest BCUT2D eigenvalue weighted by atomic mass is 19.1. The summed E-state index contributed by atoms with van der Waals surface area (Å²) in [5, 5.41) is 11.6. The molecule has 0 saturated heterocycles. The third-order valence-electron chi connectivity index (χ3n) is 3.80. The van der Waals surface area contributed by atoms with Crippen molar-refractivity contribution in [3.05, 3.63) is 59.9 Å². The van der Waals surface area contributed by atoms with Gasteiger partial charge in [0, 0.05) is 0 Å². The van der Waals surface area contributed by atoms with Crippen LogP contribution in [0.15, 0.2) is 48.5 Å². The van der Waals surface area contributed by atoms with Crippen molar-refractivity contribution in [1.82, 2.24) is 20.5 Å². The van der Waals surface area contributed by atoms with Gasteiger partial charge in [-0.25, -0.2) is 4.39 Å². The van der Waals surface area contributed by atoms with E-state index < -0.39 is 17.6 Å². The summed E-state index contributed by atoms with van der Waals surface area (Å²) >= 11 is 0. The van der Waals surface area contributed by atoms with Gasteiger partial charge in [-0.1, -0.05) is 24.3 Å². The van der Waals surface area contributed by atoms with E-state index in [0.717, 1.165) is 0 Å². The molecule has 0 unspecified atom stereocenters. The number of nitrogens with one attached hydrogen (secondary N) is 3. The van der Waals surface area contributed by atoms with Gasteiger partial charge in [-0.2, -0.15) is 4.98 Å². The number of carbonyl (C=O) groups is 2. The quantitative estimate of drug-likeness (QED) is 0.578. The number of amides is 2. The average Bonchev–Trinajstić information content (AvgIpc) is 3.14. The van der Waals surface area contributed by atoms with Crippen LogP contribution in [0.4, 0.5) is 10.3 Å². The van der Waals surface area contributed by atoms with Gasteiger partial charge >= 0.3 is 0 Å². The highest BCUT2D eigenvalue weighted by molar-refractivity contribution is 5.93. The number of methoxy groups -OCH3 is 1. The zero-order valence-corrected chi connectivity index (χ0v) is 15.0. The van der Waals surface area contributed by atoms with Crippen LogP contribution in [0.1, 0.15) is 5.56 Å². The van der Waals surface area contributed by atoms with E-state index in [0.29, 0.717) is 22.7 Å². The number of benzene rings is 2. The number of ether oxygens (including phenoxy) is 1. The van der Waals surface area contributed by atoms with E-state index in [-0.39, 0.29) is 18.9 Å². The van der Waals surface area contributed by atoms with Gasteiger partial charge in [0.1, 0.15) is 11.6 Å². The molecule has 9 heteroatoms. The Balaban J connectivity index is 1.53. The molecule has 3 rings (SSSR count). The molecule has 0 fully saturated rings. The molecule has 1 heterocycles. The van der Waals surface area contributed by atoms with Gasteiger partial charge in [-0.15, -0.1) is 5.10 Å². The molecule has 144 valence electrons. The molecule has 3 N–H and O–H groups in total. The molecular formula is C19H18FN5O3. The number of para-hydroxylation sites is 1. The fraction of sp³-hybridized carbons (Fsp3) is 0.158. The van der Waals surface area contributed by atoms with Crippen LogP contribution in [0, 0.1) is 5.82 Å². The first-order chi connectivity index (χ1) is 13.5. The van der Waals surface area contributed by atoms with Crippen molar-refractivity contribution in [2.45, 2.75) is 6.42 Å². The number of hydrogen-bond acceptors (Lipinski definition) is 5. The first-order valence-electron chi connectivity index (χ1n) is 8.42. The van der Waals surface area contributed by atoms with Gasteiger partial charge in [-0.05, 0) is 29.8 Å². The lowest BCUT2D eigenvalue weighted by Crippen LogP contribution is -2.34. The molecule has 0 aliphatic rings. The summed E-state index contributed by atoms with van der Waals surface area (Å²) < 4.78 is 18.4. The Kier molecular flexibility index (Phi) is 5.95. The molecule has 0 spiro atoms. The Morgan fingerprint density at radius 3 is 2.75 bits per heavy atom. The number of carbonyl (C=O) groups excluding carboxylic acids is 2. The van der Waals surface area contributed by atoms with E-state index in [1.165, 1.54) is 18.2 Å². The molecule has 0 atom stereocenters. The molecular weight excluding hydrogens is 365 g/mol. The number of H-pyrrole nitrogens is 1. The predicted octanol–water partition coefficient (Wildman–Crippen LogP) is 1.92. The third-order valence-corrected chi connectivity index (χ3v) is 3.80. The molecule has 1 aromatic heterocycles. The molecule has 2 aromatic carbocycles. The summed E-state index contributed by atoms with van der Waals surface area (Å²) in [5.74, 6) is -0.184. The molecule has 3 aromatic rings. The lowest BCUT2D eigenvalue weighted by Gasteiger charge is -2.05. The number of hydrogen-bond donors (Lipinski definition) is 3. The van der Waals surface area contributed by atoms with E-state index in [1.807, 2.05) is 12.1 Å². The van der Waals surface area contributed by atoms with Gasteiger partial charge in [0.2, 0.25) is 17.8 Å². The zero-order chi connectivity index (χ0) is 19.9. The number of aromatic amines is 1. The zero-order valence-electron chi connectivity index (χ0n) is 15.0. The topological polar surface area (TPSA) is 109 Å². The predicted molar refractivity (Wildman–Crippen MR) is 100 cm³/mol. The van der Waals surface area contributed by atoms with Crippen LogP contribution in [0.3, 0.4) is 0 Å². The van der Waals surface area contributed by atoms with Gasteiger partial charge in [-0.3, -0.25) is 20.0 Å². The number of nitrogens with zero attached hydrogens (tertiary/aromatic N) is 2.